The number of carbonyl (C=O) groups excluding carboxylic acids is 1. The lowest BCUT2D eigenvalue weighted by Crippen LogP contribution is -2.41. The molecule has 25 heavy (non-hydrogen) atoms. The topological polar surface area (TPSA) is 69.7 Å². The first-order valence-corrected chi connectivity index (χ1v) is 10.7. The Morgan fingerprint density at radius 3 is 2.52 bits per heavy atom. The summed E-state index contributed by atoms with van der Waals surface area (Å²) in [5.41, 5.74) is 1.37. The molecule has 1 aliphatic heterocycles. The fourth-order valence-corrected chi connectivity index (χ4v) is 4.04. The van der Waals surface area contributed by atoms with Crippen molar-refractivity contribution in [2.75, 3.05) is 43.3 Å². The molecular formula is C18H29N3O3S. The van der Waals surface area contributed by atoms with Gasteiger partial charge in [0.25, 0.3) is 0 Å². The summed E-state index contributed by atoms with van der Waals surface area (Å²) in [7, 11) is -3.52. The summed E-state index contributed by atoms with van der Waals surface area (Å²) < 4.78 is 25.4. The van der Waals surface area contributed by atoms with Crippen LogP contribution in [0, 0.1) is 6.92 Å². The Kier molecular flexibility index (Phi) is 7.25. The third kappa shape index (κ3) is 6.32. The van der Waals surface area contributed by atoms with Gasteiger partial charge >= 0.3 is 0 Å². The monoisotopic (exact) mass is 367 g/mol. The second-order valence-corrected chi connectivity index (χ2v) is 8.57. The van der Waals surface area contributed by atoms with Gasteiger partial charge in [0.2, 0.25) is 15.9 Å². The first kappa shape index (κ1) is 19.7. The number of piperidine rings is 1. The van der Waals surface area contributed by atoms with Crippen molar-refractivity contribution in [2.24, 2.45) is 0 Å². The Labute approximate surface area is 151 Å². The van der Waals surface area contributed by atoms with Crippen molar-refractivity contribution >= 4 is 21.6 Å². The number of hydrogen-bond acceptors (Lipinski definition) is 4. The maximum absolute atomic E-state index is 12.2. The van der Waals surface area contributed by atoms with Gasteiger partial charge in [-0.1, -0.05) is 24.6 Å². The molecule has 140 valence electrons. The van der Waals surface area contributed by atoms with Gasteiger partial charge in [0.05, 0.1) is 11.9 Å². The Balaban J connectivity index is 1.84. The van der Waals surface area contributed by atoms with E-state index in [2.05, 4.69) is 10.2 Å². The van der Waals surface area contributed by atoms with Crippen molar-refractivity contribution in [3.8, 4) is 0 Å². The number of aryl methyl sites for hydroxylation is 1. The average molecular weight is 368 g/mol. The van der Waals surface area contributed by atoms with Crippen LogP contribution in [0.4, 0.5) is 5.69 Å². The maximum Gasteiger partial charge on any atom is 0.240 e. The van der Waals surface area contributed by atoms with Gasteiger partial charge in [-0.05, 0) is 57.5 Å². The highest BCUT2D eigenvalue weighted by atomic mass is 32.2. The van der Waals surface area contributed by atoms with Crippen molar-refractivity contribution < 1.29 is 13.2 Å². The second-order valence-electron chi connectivity index (χ2n) is 6.66. The summed E-state index contributed by atoms with van der Waals surface area (Å²) in [4.78, 5) is 14.6. The van der Waals surface area contributed by atoms with Crippen LogP contribution in [-0.2, 0) is 14.8 Å². The number of para-hydroxylation sites is 1. The fourth-order valence-electron chi connectivity index (χ4n) is 3.12. The molecule has 1 aromatic rings. The van der Waals surface area contributed by atoms with Crippen LogP contribution in [0.25, 0.3) is 0 Å². The molecule has 1 amide bonds. The van der Waals surface area contributed by atoms with E-state index in [0.717, 1.165) is 37.9 Å². The van der Waals surface area contributed by atoms with Crippen molar-refractivity contribution in [3.05, 3.63) is 29.8 Å². The molecule has 0 saturated carbocycles. The molecule has 2 rings (SSSR count). The first-order chi connectivity index (χ1) is 11.9. The molecule has 0 aromatic heterocycles. The summed E-state index contributed by atoms with van der Waals surface area (Å²) in [6, 6.07) is 7.18. The number of carbonyl (C=O) groups is 1. The zero-order chi connectivity index (χ0) is 18.3. The Morgan fingerprint density at radius 1 is 1.20 bits per heavy atom. The van der Waals surface area contributed by atoms with Gasteiger partial charge in [-0.25, -0.2) is 8.42 Å². The minimum absolute atomic E-state index is 0.187. The smallest absolute Gasteiger partial charge is 0.240 e. The zero-order valence-electron chi connectivity index (χ0n) is 15.2. The normalized spacial score (nSPS) is 15.8. The summed E-state index contributed by atoms with van der Waals surface area (Å²) in [5.74, 6) is -0.271. The van der Waals surface area contributed by atoms with Crippen LogP contribution < -0.4 is 9.62 Å². The van der Waals surface area contributed by atoms with E-state index < -0.39 is 10.0 Å². The lowest BCUT2D eigenvalue weighted by Gasteiger charge is -2.26. The SMILES string of the molecule is Cc1ccccc1N(CC(=O)NCCCN1CCCCC1)S(C)(=O)=O. The van der Waals surface area contributed by atoms with E-state index in [0.29, 0.717) is 12.2 Å². The number of nitrogens with one attached hydrogen (secondary N) is 1. The van der Waals surface area contributed by atoms with Crippen molar-refractivity contribution in [1.29, 1.82) is 0 Å². The van der Waals surface area contributed by atoms with Crippen molar-refractivity contribution in [2.45, 2.75) is 32.6 Å². The minimum Gasteiger partial charge on any atom is -0.354 e. The molecule has 6 nitrogen and oxygen atoms in total. The number of amides is 1. The molecule has 1 heterocycles. The highest BCUT2D eigenvalue weighted by Gasteiger charge is 2.21. The van der Waals surface area contributed by atoms with Crippen LogP contribution in [0.2, 0.25) is 0 Å². The molecule has 0 aliphatic carbocycles. The largest absolute Gasteiger partial charge is 0.354 e. The number of likely N-dealkylation sites (tertiary alicyclic amines) is 1. The van der Waals surface area contributed by atoms with Crippen LogP contribution in [0.5, 0.6) is 0 Å². The highest BCUT2D eigenvalue weighted by Crippen LogP contribution is 2.21. The van der Waals surface area contributed by atoms with E-state index in [1.165, 1.54) is 23.6 Å². The lowest BCUT2D eigenvalue weighted by molar-refractivity contribution is -0.119. The van der Waals surface area contributed by atoms with Crippen LogP contribution in [0.1, 0.15) is 31.2 Å². The third-order valence-electron chi connectivity index (χ3n) is 4.49. The fraction of sp³-hybridized carbons (Fsp3) is 0.611. The van der Waals surface area contributed by atoms with Gasteiger partial charge in [-0.2, -0.15) is 0 Å². The van der Waals surface area contributed by atoms with Gasteiger partial charge < -0.3 is 10.2 Å². The predicted octanol–water partition coefficient (Wildman–Crippen LogP) is 1.75. The van der Waals surface area contributed by atoms with Gasteiger partial charge in [0, 0.05) is 6.54 Å². The molecule has 0 unspecified atom stereocenters. The standard InChI is InChI=1S/C18H29N3O3S/c1-16-9-4-5-10-17(16)21(25(2,23)24)15-18(22)19-11-8-14-20-12-6-3-7-13-20/h4-5,9-10H,3,6-8,11-15H2,1-2H3,(H,19,22). The average Bonchev–Trinajstić information content (AvgIpc) is 2.57. The van der Waals surface area contributed by atoms with Crippen LogP contribution in [0.3, 0.4) is 0 Å². The Morgan fingerprint density at radius 2 is 1.88 bits per heavy atom. The number of sulfonamides is 1. The number of benzene rings is 1. The van der Waals surface area contributed by atoms with E-state index in [1.807, 2.05) is 19.1 Å². The third-order valence-corrected chi connectivity index (χ3v) is 5.62. The van der Waals surface area contributed by atoms with E-state index in [4.69, 9.17) is 0 Å². The van der Waals surface area contributed by atoms with E-state index in [-0.39, 0.29) is 12.5 Å². The molecule has 7 heteroatoms. The number of nitrogens with zero attached hydrogens (tertiary/aromatic N) is 2. The number of rotatable bonds is 8. The van der Waals surface area contributed by atoms with Crippen LogP contribution in [-0.4, -0.2) is 58.2 Å². The molecule has 1 fully saturated rings. The highest BCUT2D eigenvalue weighted by molar-refractivity contribution is 7.92. The maximum atomic E-state index is 12.2. The van der Waals surface area contributed by atoms with E-state index >= 15 is 0 Å². The molecule has 1 aromatic carbocycles. The Bertz CT molecular complexity index is 670. The first-order valence-electron chi connectivity index (χ1n) is 8.90. The number of anilines is 1. The Hall–Kier alpha value is -1.60. The molecular weight excluding hydrogens is 338 g/mol. The van der Waals surface area contributed by atoms with Gasteiger partial charge in [-0.3, -0.25) is 9.10 Å². The van der Waals surface area contributed by atoms with Crippen molar-refractivity contribution in [1.82, 2.24) is 10.2 Å². The summed E-state index contributed by atoms with van der Waals surface area (Å²) >= 11 is 0. The molecule has 0 radical (unpaired) electrons. The predicted molar refractivity (Wildman–Crippen MR) is 101 cm³/mol. The molecule has 1 saturated heterocycles. The zero-order valence-corrected chi connectivity index (χ0v) is 16.0. The quantitative estimate of drug-likeness (QED) is 0.711. The molecule has 0 atom stereocenters. The summed E-state index contributed by atoms with van der Waals surface area (Å²) in [5, 5.41) is 2.84. The van der Waals surface area contributed by atoms with Gasteiger partial charge in [0.15, 0.2) is 0 Å². The summed E-state index contributed by atoms with van der Waals surface area (Å²) in [6.45, 7) is 5.48. The van der Waals surface area contributed by atoms with Gasteiger partial charge in [-0.15, -0.1) is 0 Å². The molecule has 0 bridgehead atoms. The minimum atomic E-state index is -3.52. The van der Waals surface area contributed by atoms with Crippen LogP contribution in [0.15, 0.2) is 24.3 Å². The second kappa shape index (κ2) is 9.20. The van der Waals surface area contributed by atoms with Crippen molar-refractivity contribution in [3.63, 3.8) is 0 Å². The number of hydrogen-bond donors (Lipinski definition) is 1. The van der Waals surface area contributed by atoms with E-state index in [1.54, 1.807) is 12.1 Å². The molecule has 0 spiro atoms. The molecule has 1 N–H and O–H groups in total. The van der Waals surface area contributed by atoms with Gasteiger partial charge in [0.1, 0.15) is 6.54 Å². The van der Waals surface area contributed by atoms with Crippen LogP contribution >= 0.6 is 0 Å². The lowest BCUT2D eigenvalue weighted by atomic mass is 10.1. The summed E-state index contributed by atoms with van der Waals surface area (Å²) in [6.07, 6.45) is 5.84. The van der Waals surface area contributed by atoms with E-state index in [9.17, 15) is 13.2 Å². The molecule has 1 aliphatic rings.